The zero-order chi connectivity index (χ0) is 17.2. The van der Waals surface area contributed by atoms with Crippen molar-refractivity contribution in [3.8, 4) is 0 Å². The standard InChI is InChI=1S/C14H15BrF3N3O3/c15-3-9(22)19-13-4-12(5-13,6-13)11-21-20-10(23-11)7-1-8(2-7)24-14(16,17)18/h7-8H,1-6H2,(H,19,22). The third-order valence-corrected chi connectivity index (χ3v) is 5.70. The summed E-state index contributed by atoms with van der Waals surface area (Å²) in [6.45, 7) is 0. The summed E-state index contributed by atoms with van der Waals surface area (Å²) >= 11 is 3.12. The van der Waals surface area contributed by atoms with E-state index in [1.165, 1.54) is 0 Å². The van der Waals surface area contributed by atoms with E-state index in [4.69, 9.17) is 4.42 Å². The van der Waals surface area contributed by atoms with Gasteiger partial charge in [-0.2, -0.15) is 0 Å². The molecule has 4 saturated carbocycles. The molecule has 6 nitrogen and oxygen atoms in total. The van der Waals surface area contributed by atoms with Crippen molar-refractivity contribution in [2.45, 2.75) is 61.4 Å². The maximum absolute atomic E-state index is 12.1. The molecule has 2 bridgehead atoms. The molecule has 0 radical (unpaired) electrons. The summed E-state index contributed by atoms with van der Waals surface area (Å²) in [7, 11) is 0. The molecule has 1 heterocycles. The zero-order valence-corrected chi connectivity index (χ0v) is 14.1. The maximum atomic E-state index is 12.1. The molecule has 24 heavy (non-hydrogen) atoms. The van der Waals surface area contributed by atoms with Crippen LogP contribution in [0.5, 0.6) is 0 Å². The molecular formula is C14H15BrF3N3O3. The zero-order valence-electron chi connectivity index (χ0n) is 12.5. The SMILES string of the molecule is O=C(CBr)NC12CC(c3nnc(C4CC(OC(F)(F)F)C4)o3)(C1)C2. The van der Waals surface area contributed by atoms with E-state index in [0.717, 1.165) is 19.3 Å². The van der Waals surface area contributed by atoms with Crippen molar-refractivity contribution in [1.82, 2.24) is 15.5 Å². The van der Waals surface area contributed by atoms with Crippen LogP contribution in [0.3, 0.4) is 0 Å². The molecule has 0 spiro atoms. The molecular weight excluding hydrogens is 395 g/mol. The molecule has 10 heteroatoms. The Morgan fingerprint density at radius 2 is 2.00 bits per heavy atom. The normalized spacial score (nSPS) is 37.2. The number of carbonyl (C=O) groups is 1. The van der Waals surface area contributed by atoms with Gasteiger partial charge < -0.3 is 9.73 Å². The highest BCUT2D eigenvalue weighted by Gasteiger charge is 2.71. The number of ether oxygens (including phenoxy) is 1. The topological polar surface area (TPSA) is 77.2 Å². The van der Waals surface area contributed by atoms with Crippen LogP contribution in [0.15, 0.2) is 4.42 Å². The summed E-state index contributed by atoms with van der Waals surface area (Å²) in [6, 6.07) is 0. The second-order valence-electron chi connectivity index (χ2n) is 7.07. The predicted molar refractivity (Wildman–Crippen MR) is 77.4 cm³/mol. The minimum Gasteiger partial charge on any atom is -0.424 e. The number of halogens is 4. The van der Waals surface area contributed by atoms with E-state index in [2.05, 4.69) is 36.2 Å². The number of nitrogens with one attached hydrogen (secondary N) is 1. The second-order valence-corrected chi connectivity index (χ2v) is 7.63. The first-order valence-electron chi connectivity index (χ1n) is 7.68. The van der Waals surface area contributed by atoms with Crippen molar-refractivity contribution < 1.29 is 27.1 Å². The highest BCUT2D eigenvalue weighted by molar-refractivity contribution is 9.09. The van der Waals surface area contributed by atoms with Crippen molar-refractivity contribution in [2.24, 2.45) is 0 Å². The molecule has 1 aromatic rings. The van der Waals surface area contributed by atoms with E-state index in [1.807, 2.05) is 0 Å². The molecule has 1 amide bonds. The Morgan fingerprint density at radius 3 is 2.58 bits per heavy atom. The van der Waals surface area contributed by atoms with E-state index in [9.17, 15) is 18.0 Å². The number of nitrogens with zero attached hydrogens (tertiary/aromatic N) is 2. The first-order valence-corrected chi connectivity index (χ1v) is 8.80. The summed E-state index contributed by atoms with van der Waals surface area (Å²) in [6.07, 6.45) is -2.66. The average molecular weight is 410 g/mol. The largest absolute Gasteiger partial charge is 0.522 e. The van der Waals surface area contributed by atoms with Crippen LogP contribution < -0.4 is 5.32 Å². The Hall–Kier alpha value is -1.16. The lowest BCUT2D eigenvalue weighted by atomic mass is 9.39. The molecule has 0 aromatic carbocycles. The van der Waals surface area contributed by atoms with Crippen LogP contribution in [0.25, 0.3) is 0 Å². The lowest BCUT2D eigenvalue weighted by Gasteiger charge is -2.68. The second kappa shape index (κ2) is 5.17. The number of alkyl halides is 4. The Balaban J connectivity index is 1.31. The lowest BCUT2D eigenvalue weighted by Crippen LogP contribution is -2.77. The fourth-order valence-electron chi connectivity index (χ4n) is 4.14. The highest BCUT2D eigenvalue weighted by atomic mass is 79.9. The third kappa shape index (κ3) is 2.63. The van der Waals surface area contributed by atoms with Crippen molar-refractivity contribution in [1.29, 1.82) is 0 Å². The minimum atomic E-state index is -4.60. The van der Waals surface area contributed by atoms with Gasteiger partial charge in [0.25, 0.3) is 0 Å². The summed E-state index contributed by atoms with van der Waals surface area (Å²) in [5.41, 5.74) is -0.321. The van der Waals surface area contributed by atoms with Crippen molar-refractivity contribution in [2.75, 3.05) is 5.33 Å². The van der Waals surface area contributed by atoms with E-state index in [-0.39, 0.29) is 41.0 Å². The Morgan fingerprint density at radius 1 is 1.33 bits per heavy atom. The molecule has 0 saturated heterocycles. The van der Waals surface area contributed by atoms with Gasteiger partial charge in [-0.05, 0) is 32.1 Å². The molecule has 4 aliphatic rings. The van der Waals surface area contributed by atoms with Gasteiger partial charge in [-0.1, -0.05) is 15.9 Å². The first kappa shape index (κ1) is 16.3. The van der Waals surface area contributed by atoms with E-state index < -0.39 is 12.5 Å². The van der Waals surface area contributed by atoms with Crippen LogP contribution in [0.1, 0.15) is 49.8 Å². The molecule has 4 aliphatic carbocycles. The fourth-order valence-corrected chi connectivity index (χ4v) is 4.28. The quantitative estimate of drug-likeness (QED) is 0.756. The third-order valence-electron chi connectivity index (χ3n) is 5.19. The minimum absolute atomic E-state index is 0.0420. The van der Waals surface area contributed by atoms with Crippen LogP contribution in [-0.2, 0) is 14.9 Å². The Kier molecular flexibility index (Phi) is 3.51. The smallest absolute Gasteiger partial charge is 0.424 e. The predicted octanol–water partition coefficient (Wildman–Crippen LogP) is 2.54. The Bertz CT molecular complexity index is 652. The van der Waals surface area contributed by atoms with Gasteiger partial charge in [-0.25, -0.2) is 0 Å². The molecule has 1 N–H and O–H groups in total. The van der Waals surface area contributed by atoms with Gasteiger partial charge in [0.1, 0.15) is 0 Å². The van der Waals surface area contributed by atoms with E-state index in [1.54, 1.807) is 0 Å². The van der Waals surface area contributed by atoms with Crippen molar-refractivity contribution >= 4 is 21.8 Å². The van der Waals surface area contributed by atoms with Crippen LogP contribution >= 0.6 is 15.9 Å². The van der Waals surface area contributed by atoms with E-state index in [0.29, 0.717) is 11.8 Å². The van der Waals surface area contributed by atoms with Gasteiger partial charge in [0.05, 0.1) is 16.8 Å². The number of hydrogen-bond acceptors (Lipinski definition) is 5. The molecule has 4 fully saturated rings. The number of carbonyl (C=O) groups excluding carboxylic acids is 1. The van der Waals surface area contributed by atoms with Crippen LogP contribution in [0.4, 0.5) is 13.2 Å². The van der Waals surface area contributed by atoms with Crippen molar-refractivity contribution in [3.63, 3.8) is 0 Å². The van der Waals surface area contributed by atoms with Crippen molar-refractivity contribution in [3.05, 3.63) is 11.8 Å². The highest BCUT2D eigenvalue weighted by Crippen LogP contribution is 2.67. The van der Waals surface area contributed by atoms with Gasteiger partial charge in [0.2, 0.25) is 17.7 Å². The lowest BCUT2D eigenvalue weighted by molar-refractivity contribution is -0.352. The van der Waals surface area contributed by atoms with Gasteiger partial charge in [-0.3, -0.25) is 9.53 Å². The maximum Gasteiger partial charge on any atom is 0.522 e. The molecule has 1 aromatic heterocycles. The molecule has 0 atom stereocenters. The van der Waals surface area contributed by atoms with Gasteiger partial charge in [0, 0.05) is 11.5 Å². The summed E-state index contributed by atoms with van der Waals surface area (Å²) < 4.78 is 46.0. The van der Waals surface area contributed by atoms with Gasteiger partial charge >= 0.3 is 6.36 Å². The molecule has 132 valence electrons. The number of rotatable bonds is 5. The number of aromatic nitrogens is 2. The summed E-state index contributed by atoms with van der Waals surface area (Å²) in [5, 5.41) is 11.3. The number of amides is 1. The molecule has 0 unspecified atom stereocenters. The number of hydrogen-bond donors (Lipinski definition) is 1. The summed E-state index contributed by atoms with van der Waals surface area (Å²) in [5.74, 6) is 0.704. The average Bonchev–Trinajstić information content (AvgIpc) is 2.83. The van der Waals surface area contributed by atoms with Gasteiger partial charge in [0.15, 0.2) is 0 Å². The summed E-state index contributed by atoms with van der Waals surface area (Å²) in [4.78, 5) is 11.5. The van der Waals surface area contributed by atoms with Gasteiger partial charge in [-0.15, -0.1) is 23.4 Å². The molecule has 0 aliphatic heterocycles. The fraction of sp³-hybridized carbons (Fsp3) is 0.786. The Labute approximate surface area is 143 Å². The van der Waals surface area contributed by atoms with E-state index >= 15 is 0 Å². The van der Waals surface area contributed by atoms with Crippen LogP contribution in [0.2, 0.25) is 0 Å². The monoisotopic (exact) mass is 409 g/mol. The molecule has 5 rings (SSSR count). The van der Waals surface area contributed by atoms with Crippen LogP contribution in [-0.4, -0.2) is 39.4 Å². The van der Waals surface area contributed by atoms with Crippen LogP contribution in [0, 0.1) is 0 Å². The first-order chi connectivity index (χ1) is 11.2.